The highest BCUT2D eigenvalue weighted by Gasteiger charge is 2.26. The summed E-state index contributed by atoms with van der Waals surface area (Å²) in [5.74, 6) is -1.94. The van der Waals surface area contributed by atoms with Gasteiger partial charge in [-0.3, -0.25) is 13.7 Å². The minimum atomic E-state index is -5.17. The zero-order valence-corrected chi connectivity index (χ0v) is 33.9. The molecule has 0 atom stereocenters. The Morgan fingerprint density at radius 3 is 2.00 bits per heavy atom. The van der Waals surface area contributed by atoms with Crippen molar-refractivity contribution in [1.29, 1.82) is 0 Å². The Bertz CT molecular complexity index is 2960. The van der Waals surface area contributed by atoms with Gasteiger partial charge >= 0.3 is 10.4 Å². The molecule has 5 rings (SSSR count). The summed E-state index contributed by atoms with van der Waals surface area (Å²) in [6.45, 7) is -0.897. The van der Waals surface area contributed by atoms with E-state index in [1.54, 1.807) is 0 Å². The summed E-state index contributed by atoms with van der Waals surface area (Å²) in [6, 6.07) is 9.26. The van der Waals surface area contributed by atoms with Gasteiger partial charge in [-0.1, -0.05) is 5.04 Å². The highest BCUT2D eigenvalue weighted by atomic mass is 35.5. The van der Waals surface area contributed by atoms with Crippen molar-refractivity contribution in [3.05, 3.63) is 65.2 Å². The van der Waals surface area contributed by atoms with Crippen LogP contribution in [0.3, 0.4) is 0 Å². The number of hydrogen-bond acceptors (Lipinski definition) is 23. The quantitative estimate of drug-likeness (QED) is 0.0155. The van der Waals surface area contributed by atoms with Gasteiger partial charge in [0.25, 0.3) is 20.2 Å². The zero-order chi connectivity index (χ0) is 43.5. The fourth-order valence-electron chi connectivity index (χ4n) is 4.72. The van der Waals surface area contributed by atoms with Crippen molar-refractivity contribution >= 4 is 127 Å². The molecule has 0 amide bonds. The molecule has 0 aliphatic rings. The number of nitrogens with two attached hydrogens (primary N) is 1. The number of sulfone groups is 1. The van der Waals surface area contributed by atoms with E-state index < -0.39 is 96.5 Å². The Kier molecular flexibility index (Phi) is 13.7. The van der Waals surface area contributed by atoms with Crippen molar-refractivity contribution in [3.63, 3.8) is 0 Å². The minimum Gasteiger partial charge on any atom is -0.505 e. The van der Waals surface area contributed by atoms with E-state index in [4.69, 9.17) is 38.7 Å². The lowest BCUT2D eigenvalue weighted by Crippen LogP contribution is -2.15. The number of nitrogens with zero attached hydrogens (tertiary/aromatic N) is 7. The van der Waals surface area contributed by atoms with E-state index in [1.807, 2.05) is 0 Å². The zero-order valence-electron chi connectivity index (χ0n) is 28.3. The second-order valence-corrected chi connectivity index (χ2v) is 18.3. The van der Waals surface area contributed by atoms with Crippen molar-refractivity contribution in [2.24, 2.45) is 20.5 Å². The smallest absolute Gasteiger partial charge is 0.397 e. The summed E-state index contributed by atoms with van der Waals surface area (Å²) in [5, 5.41) is 40.8. The first-order chi connectivity index (χ1) is 27.5. The molecule has 0 radical (unpaired) electrons. The van der Waals surface area contributed by atoms with Crippen LogP contribution in [0.5, 0.6) is 5.75 Å². The molecule has 0 bridgehead atoms. The number of hydrogen-bond donors (Lipinski definition) is 7. The minimum absolute atomic E-state index is 0.0394. The van der Waals surface area contributed by atoms with Gasteiger partial charge in [-0.15, -0.1) is 19.7 Å². The third-order valence-corrected chi connectivity index (χ3v) is 12.0. The van der Waals surface area contributed by atoms with E-state index in [0.29, 0.717) is 0 Å². The number of fused-ring (bicyclic) bond motifs is 1. The van der Waals surface area contributed by atoms with Crippen LogP contribution in [0.1, 0.15) is 0 Å². The molecule has 314 valence electrons. The number of phenolic OH excluding ortho intramolecular Hbond substituents is 1. The fraction of sp³-hybridized carbons (Fsp3) is 0.0741. The molecule has 5 aromatic rings. The van der Waals surface area contributed by atoms with Crippen LogP contribution in [-0.4, -0.2) is 85.0 Å². The van der Waals surface area contributed by atoms with E-state index in [0.717, 1.165) is 48.5 Å². The van der Waals surface area contributed by atoms with Crippen molar-refractivity contribution in [2.45, 2.75) is 19.6 Å². The van der Waals surface area contributed by atoms with Crippen LogP contribution in [0.2, 0.25) is 10.6 Å². The number of rotatable bonds is 16. The van der Waals surface area contributed by atoms with E-state index in [9.17, 15) is 47.9 Å². The molecule has 1 aromatic heterocycles. The molecule has 1 heterocycles. The maximum absolute atomic E-state index is 12.5. The number of nitrogen functional groups attached to an aromatic ring is 1. The predicted molar refractivity (Wildman–Crippen MR) is 204 cm³/mol. The van der Waals surface area contributed by atoms with Crippen molar-refractivity contribution in [1.82, 2.24) is 15.0 Å². The number of nitrogens with one attached hydrogen (secondary N) is 1. The number of halogens is 2. The van der Waals surface area contributed by atoms with Crippen LogP contribution in [0.15, 0.2) is 94.6 Å². The van der Waals surface area contributed by atoms with Gasteiger partial charge in [-0.2, -0.15) is 45.3 Å². The highest BCUT2D eigenvalue weighted by molar-refractivity contribution is 7.94. The Morgan fingerprint density at radius 2 is 1.41 bits per heavy atom. The van der Waals surface area contributed by atoms with Gasteiger partial charge in [-0.05, 0) is 83.2 Å². The van der Waals surface area contributed by atoms with Crippen LogP contribution in [0, 0.1) is 0 Å². The van der Waals surface area contributed by atoms with Gasteiger partial charge in [0, 0.05) is 5.69 Å². The second kappa shape index (κ2) is 17.8. The number of anilines is 3. The summed E-state index contributed by atoms with van der Waals surface area (Å²) in [5.41, 5.74) is 3.66. The number of aromatic nitrogens is 3. The number of azo groups is 2. The molecule has 0 aliphatic carbocycles. The second-order valence-electron chi connectivity index (χ2n) is 11.0. The average Bonchev–Trinajstić information content (AvgIpc) is 3.11. The van der Waals surface area contributed by atoms with Crippen LogP contribution in [0.4, 0.5) is 40.1 Å². The standard InChI is InChI=1S/C27H21Cl2N9O16S5/c28-25-32-26(29)34-27(33-25)31-14-3-6-18(57(43,44)45)16(11-14)36-37-22-17(55-54-53-40)9-12-10-19(58(46,47)48)23(21(30)20(12)24(22)39)38-35-13-1-4-15(5-2-13)56(41,42)8-7-52-59(49,50)51/h1-6,9-11,39-40H,7-8,30H2,(H,43,44,45)(H,46,47,48)(H,49,50,51)(H,31,32,33,34)/b37-36+,38-35+. The first-order valence-electron chi connectivity index (χ1n) is 14.9. The van der Waals surface area contributed by atoms with Crippen LogP contribution in [0.25, 0.3) is 10.8 Å². The highest BCUT2D eigenvalue weighted by Crippen LogP contribution is 2.50. The summed E-state index contributed by atoms with van der Waals surface area (Å²) in [6.07, 6.45) is 0. The third kappa shape index (κ3) is 11.5. The monoisotopic (exact) mass is 957 g/mol. The Morgan fingerprint density at radius 1 is 0.780 bits per heavy atom. The molecule has 0 fully saturated rings. The number of aromatic hydroxyl groups is 1. The fourth-order valence-corrected chi connectivity index (χ4v) is 8.35. The van der Waals surface area contributed by atoms with Gasteiger partial charge in [0.15, 0.2) is 15.6 Å². The first-order valence-corrected chi connectivity index (χ1v) is 22.3. The third-order valence-electron chi connectivity index (χ3n) is 7.12. The predicted octanol–water partition coefficient (Wildman–Crippen LogP) is 5.71. The molecule has 0 saturated carbocycles. The lowest BCUT2D eigenvalue weighted by Gasteiger charge is -2.14. The molecule has 0 saturated heterocycles. The summed E-state index contributed by atoms with van der Waals surface area (Å²) < 4.78 is 133. The molecule has 0 spiro atoms. The maximum Gasteiger partial charge on any atom is 0.397 e. The van der Waals surface area contributed by atoms with E-state index in [2.05, 4.69) is 54.3 Å². The van der Waals surface area contributed by atoms with Gasteiger partial charge in [0.1, 0.15) is 26.9 Å². The SMILES string of the molecule is Nc1c(/N=N/c2ccc(S(=O)(=O)CCOS(=O)(=O)O)cc2)c(S(=O)(=O)O)cc2cc(SOOO)c(/N=N/c3cc(Nc4nc(Cl)nc(Cl)n4)ccc3S(=O)(=O)O)c(O)c12. The molecular formula is C27H21Cl2N9O16S5. The molecule has 0 aliphatic heterocycles. The van der Waals surface area contributed by atoms with Gasteiger partial charge < -0.3 is 16.2 Å². The summed E-state index contributed by atoms with van der Waals surface area (Å²) in [4.78, 5) is 8.85. The van der Waals surface area contributed by atoms with Gasteiger partial charge in [-0.25, -0.2) is 17.9 Å². The first kappa shape index (κ1) is 45.3. The normalized spacial score (nSPS) is 12.8. The van der Waals surface area contributed by atoms with E-state index in [1.165, 1.54) is 6.07 Å². The Labute approximate surface area is 345 Å². The van der Waals surface area contributed by atoms with E-state index in [-0.39, 0.29) is 55.1 Å². The summed E-state index contributed by atoms with van der Waals surface area (Å²) in [7, 11) is -19.2. The molecule has 25 nitrogen and oxygen atoms in total. The lowest BCUT2D eigenvalue weighted by molar-refractivity contribution is -0.432. The number of phenols is 1. The topological polar surface area (TPSA) is 392 Å². The van der Waals surface area contributed by atoms with Crippen LogP contribution < -0.4 is 11.1 Å². The molecule has 0 unspecified atom stereocenters. The van der Waals surface area contributed by atoms with Crippen molar-refractivity contribution < 1.29 is 71.2 Å². The molecule has 4 aromatic carbocycles. The van der Waals surface area contributed by atoms with Gasteiger partial charge in [0.05, 0.1) is 51.0 Å². The van der Waals surface area contributed by atoms with E-state index >= 15 is 0 Å². The van der Waals surface area contributed by atoms with Crippen molar-refractivity contribution in [2.75, 3.05) is 23.4 Å². The summed E-state index contributed by atoms with van der Waals surface area (Å²) >= 11 is 11.8. The molecule has 8 N–H and O–H groups in total. The Balaban J connectivity index is 1.60. The van der Waals surface area contributed by atoms with Crippen LogP contribution >= 0.6 is 35.2 Å². The average molecular weight is 959 g/mol. The van der Waals surface area contributed by atoms with Crippen LogP contribution in [-0.2, 0) is 54.0 Å². The molecule has 59 heavy (non-hydrogen) atoms. The number of benzene rings is 4. The Hall–Kier alpha value is -4.80. The molecule has 32 heteroatoms. The molecular weight excluding hydrogens is 938 g/mol. The largest absolute Gasteiger partial charge is 0.505 e. The van der Waals surface area contributed by atoms with Gasteiger partial charge in [0.2, 0.25) is 16.5 Å². The lowest BCUT2D eigenvalue weighted by atomic mass is 10.1. The maximum atomic E-state index is 12.5. The van der Waals surface area contributed by atoms with Crippen molar-refractivity contribution in [3.8, 4) is 5.75 Å².